The Morgan fingerprint density at radius 3 is 1.19 bits per heavy atom. The van der Waals surface area contributed by atoms with E-state index in [1.165, 1.54) is 55.3 Å². The van der Waals surface area contributed by atoms with E-state index >= 15 is 0 Å². The van der Waals surface area contributed by atoms with Crippen LogP contribution in [0.5, 0.6) is 0 Å². The van der Waals surface area contributed by atoms with E-state index in [1.54, 1.807) is 0 Å². The zero-order valence-corrected chi connectivity index (χ0v) is 38.8. The van der Waals surface area contributed by atoms with Crippen LogP contribution >= 0.6 is 0 Å². The van der Waals surface area contributed by atoms with Crippen LogP contribution in [0.1, 0.15) is 61.1 Å². The minimum atomic E-state index is -0.183. The molecule has 0 amide bonds. The molecular weight excluding hydrogens is 839 g/mol. The maximum absolute atomic E-state index is 9.86. The maximum atomic E-state index is 9.86. The van der Waals surface area contributed by atoms with Gasteiger partial charge in [0.05, 0.1) is 34.3 Å². The molecule has 0 fully saturated rings. The molecule has 5 heteroatoms. The van der Waals surface area contributed by atoms with Crippen LogP contribution in [0.2, 0.25) is 0 Å². The van der Waals surface area contributed by atoms with Crippen molar-refractivity contribution in [3.8, 4) is 40.1 Å². The summed E-state index contributed by atoms with van der Waals surface area (Å²) in [6.07, 6.45) is 0. The molecule has 0 saturated carbocycles. The second-order valence-electron chi connectivity index (χ2n) is 19.7. The van der Waals surface area contributed by atoms with Gasteiger partial charge in [0.15, 0.2) is 0 Å². The molecule has 69 heavy (non-hydrogen) atoms. The van der Waals surface area contributed by atoms with E-state index in [1.807, 2.05) is 24.3 Å². The van der Waals surface area contributed by atoms with Gasteiger partial charge in [-0.05, 0) is 164 Å². The molecule has 326 valence electrons. The number of para-hydroxylation sites is 1. The Bertz CT molecular complexity index is 3730. The van der Waals surface area contributed by atoms with Gasteiger partial charge in [0.1, 0.15) is 0 Å². The molecule has 5 nitrogen and oxygen atoms in total. The lowest BCUT2D eigenvalue weighted by atomic mass is 9.82. The van der Waals surface area contributed by atoms with Crippen LogP contribution in [0.4, 0.5) is 34.1 Å². The molecular formula is C64H45N5. The van der Waals surface area contributed by atoms with E-state index in [0.29, 0.717) is 11.1 Å². The summed E-state index contributed by atoms with van der Waals surface area (Å²) < 4.78 is 2.43. The minimum absolute atomic E-state index is 0.183. The summed E-state index contributed by atoms with van der Waals surface area (Å²) in [6.45, 7) is 9.30. The molecule has 13 rings (SSSR count). The van der Waals surface area contributed by atoms with Gasteiger partial charge in [-0.25, -0.2) is 0 Å². The summed E-state index contributed by atoms with van der Waals surface area (Å²) in [4.78, 5) is 4.69. The third-order valence-electron chi connectivity index (χ3n) is 15.1. The van der Waals surface area contributed by atoms with Crippen LogP contribution in [0.15, 0.2) is 200 Å². The Morgan fingerprint density at radius 1 is 0.362 bits per heavy atom. The van der Waals surface area contributed by atoms with Crippen molar-refractivity contribution in [1.82, 2.24) is 4.57 Å². The summed E-state index contributed by atoms with van der Waals surface area (Å²) >= 11 is 0. The quantitative estimate of drug-likeness (QED) is 0.150. The third kappa shape index (κ3) is 5.94. The van der Waals surface area contributed by atoms with Crippen molar-refractivity contribution in [2.45, 2.75) is 38.5 Å². The summed E-state index contributed by atoms with van der Waals surface area (Å²) in [5, 5.41) is 24.4. The van der Waals surface area contributed by atoms with E-state index in [9.17, 15) is 10.5 Å². The van der Waals surface area contributed by atoms with Gasteiger partial charge in [-0.15, -0.1) is 0 Å². The molecule has 2 aliphatic carbocycles. The number of benzene rings is 10. The van der Waals surface area contributed by atoms with E-state index in [2.05, 4.69) is 230 Å². The standard InChI is InChI=1S/C64H45N5/c1-63(2)55-16-10-8-14-51(55)53-30-28-47(34-57(53)63)67(45-24-18-40(38-65)19-25-45)49-32-42-22-23-43-33-50(37-60-62(43)61(42)59(36-49)69(60)44-12-6-5-7-13-44)68(46-26-20-41(39-66)21-27-46)48-29-31-54-52-15-9-11-17-56(52)64(3,4)58(54)35-48/h5-37H,1-4H3. The van der Waals surface area contributed by atoms with Crippen molar-refractivity contribution in [2.75, 3.05) is 9.80 Å². The molecule has 0 spiro atoms. The molecule has 11 aromatic rings. The van der Waals surface area contributed by atoms with Crippen molar-refractivity contribution in [1.29, 1.82) is 10.5 Å². The van der Waals surface area contributed by atoms with Crippen molar-refractivity contribution in [3.05, 3.63) is 234 Å². The molecule has 0 radical (unpaired) electrons. The van der Waals surface area contributed by atoms with Crippen LogP contribution in [0, 0.1) is 22.7 Å². The SMILES string of the molecule is CC1(C)c2ccccc2-c2ccc(N(c3ccc(C#N)cc3)c3cc4ccc5cc(N(c6ccc(C#N)cc6)c6ccc7c(c6)C(C)(C)c6ccccc6-7)cc6c5c4c(c3)n6-c3ccccc3)cc21. The van der Waals surface area contributed by atoms with Gasteiger partial charge in [0.25, 0.3) is 0 Å². The summed E-state index contributed by atoms with van der Waals surface area (Å²) in [5.74, 6) is 0. The lowest BCUT2D eigenvalue weighted by molar-refractivity contribution is 0.660. The first-order chi connectivity index (χ1) is 33.6. The molecule has 0 unspecified atom stereocenters. The average Bonchev–Trinajstić information content (AvgIpc) is 3.93. The maximum Gasteiger partial charge on any atom is 0.0991 e. The highest BCUT2D eigenvalue weighted by Crippen LogP contribution is 2.53. The van der Waals surface area contributed by atoms with Crippen molar-refractivity contribution in [3.63, 3.8) is 0 Å². The van der Waals surface area contributed by atoms with Crippen molar-refractivity contribution < 1.29 is 0 Å². The molecule has 0 aliphatic heterocycles. The molecule has 1 aromatic heterocycles. The van der Waals surface area contributed by atoms with Gasteiger partial charge in [0.2, 0.25) is 0 Å². The molecule has 1 heterocycles. The van der Waals surface area contributed by atoms with Gasteiger partial charge in [-0.3, -0.25) is 0 Å². The van der Waals surface area contributed by atoms with E-state index < -0.39 is 0 Å². The Labute approximate surface area is 401 Å². The predicted molar refractivity (Wildman–Crippen MR) is 283 cm³/mol. The van der Waals surface area contributed by atoms with Gasteiger partial charge >= 0.3 is 0 Å². The Hall–Kier alpha value is -8.90. The second kappa shape index (κ2) is 14.8. The summed E-state index contributed by atoms with van der Waals surface area (Å²) in [7, 11) is 0. The van der Waals surface area contributed by atoms with E-state index in [-0.39, 0.29) is 10.8 Å². The van der Waals surface area contributed by atoms with E-state index in [4.69, 9.17) is 0 Å². The number of fused-ring (bicyclic) bond motifs is 6. The van der Waals surface area contributed by atoms with Crippen LogP contribution in [-0.4, -0.2) is 4.57 Å². The van der Waals surface area contributed by atoms with Crippen molar-refractivity contribution in [2.24, 2.45) is 0 Å². The van der Waals surface area contributed by atoms with Crippen molar-refractivity contribution >= 4 is 66.7 Å². The highest BCUT2D eigenvalue weighted by atomic mass is 15.2. The lowest BCUT2D eigenvalue weighted by Gasteiger charge is -2.28. The molecule has 0 N–H and O–H groups in total. The smallest absolute Gasteiger partial charge is 0.0991 e. The largest absolute Gasteiger partial charge is 0.310 e. The third-order valence-corrected chi connectivity index (χ3v) is 15.1. The molecule has 2 aliphatic rings. The number of nitriles is 2. The number of nitrogens with zero attached hydrogens (tertiary/aromatic N) is 5. The summed E-state index contributed by atoms with van der Waals surface area (Å²) in [5.41, 5.74) is 20.6. The van der Waals surface area contributed by atoms with Gasteiger partial charge < -0.3 is 14.4 Å². The van der Waals surface area contributed by atoms with Gasteiger partial charge in [-0.1, -0.05) is 119 Å². The topological polar surface area (TPSA) is 59.0 Å². The first kappa shape index (κ1) is 40.4. The zero-order valence-electron chi connectivity index (χ0n) is 38.8. The second-order valence-corrected chi connectivity index (χ2v) is 19.7. The fraction of sp³-hybridized carbons (Fsp3) is 0.0938. The average molecular weight is 884 g/mol. The number of hydrogen-bond acceptors (Lipinski definition) is 4. The van der Waals surface area contributed by atoms with Crippen LogP contribution in [-0.2, 0) is 10.8 Å². The Kier molecular flexibility index (Phi) is 8.66. The normalized spacial score (nSPS) is 13.7. The molecule has 0 bridgehead atoms. The number of hydrogen-bond donors (Lipinski definition) is 0. The Balaban J connectivity index is 1.05. The summed E-state index contributed by atoms with van der Waals surface area (Å²) in [6, 6.07) is 76.4. The van der Waals surface area contributed by atoms with Gasteiger partial charge in [-0.2, -0.15) is 10.5 Å². The number of anilines is 6. The number of aromatic nitrogens is 1. The van der Waals surface area contributed by atoms with Gasteiger partial charge in [0, 0.05) is 61.4 Å². The minimum Gasteiger partial charge on any atom is -0.310 e. The Morgan fingerprint density at radius 2 is 0.754 bits per heavy atom. The fourth-order valence-corrected chi connectivity index (χ4v) is 11.8. The van der Waals surface area contributed by atoms with E-state index in [0.717, 1.165) is 61.6 Å². The lowest BCUT2D eigenvalue weighted by Crippen LogP contribution is -2.16. The molecule has 10 aromatic carbocycles. The molecule has 0 atom stereocenters. The van der Waals surface area contributed by atoms with Crippen LogP contribution in [0.25, 0.3) is 60.5 Å². The number of rotatable bonds is 7. The highest BCUT2D eigenvalue weighted by Gasteiger charge is 2.37. The first-order valence-corrected chi connectivity index (χ1v) is 23.6. The fourth-order valence-electron chi connectivity index (χ4n) is 11.8. The predicted octanol–water partition coefficient (Wildman–Crippen LogP) is 16.7. The first-order valence-electron chi connectivity index (χ1n) is 23.6. The van der Waals surface area contributed by atoms with Crippen LogP contribution in [0.3, 0.4) is 0 Å². The monoisotopic (exact) mass is 883 g/mol. The van der Waals surface area contributed by atoms with Crippen LogP contribution < -0.4 is 9.80 Å². The zero-order chi connectivity index (χ0) is 46.8. The highest BCUT2D eigenvalue weighted by molar-refractivity contribution is 6.26. The molecule has 0 saturated heterocycles.